The van der Waals surface area contributed by atoms with Crippen LogP contribution in [0.2, 0.25) is 10.0 Å². The van der Waals surface area contributed by atoms with E-state index in [1.807, 2.05) is 39.0 Å². The molecule has 3 aromatic rings. The van der Waals surface area contributed by atoms with Crippen LogP contribution in [0.1, 0.15) is 48.7 Å². The minimum absolute atomic E-state index is 0.167. The van der Waals surface area contributed by atoms with Crippen LogP contribution in [0.3, 0.4) is 0 Å². The van der Waals surface area contributed by atoms with Gasteiger partial charge in [0.25, 0.3) is 11.8 Å². The lowest BCUT2D eigenvalue weighted by molar-refractivity contribution is -0.123. The van der Waals surface area contributed by atoms with E-state index in [-0.39, 0.29) is 11.8 Å². The van der Waals surface area contributed by atoms with Gasteiger partial charge in [0.05, 0.1) is 17.3 Å². The standard InChI is InChI=1S/C29H30BrCl2N3O4/c1-4-38-26-15-20(14-24(30)27(26)39-17-19-5-9-22(31)10-6-19)16-33-35-29(37)25(13-18(2)3)34-28(36)21-7-11-23(32)12-8-21/h5-12,14-16,18,25H,4,13,17H2,1-3H3,(H,34,36)(H,35,37)/b33-16+. The molecule has 2 N–H and O–H groups in total. The van der Waals surface area contributed by atoms with Crippen molar-refractivity contribution in [1.82, 2.24) is 10.7 Å². The molecule has 0 spiro atoms. The van der Waals surface area contributed by atoms with Gasteiger partial charge in [0.15, 0.2) is 11.5 Å². The van der Waals surface area contributed by atoms with Crippen molar-refractivity contribution < 1.29 is 19.1 Å². The molecule has 2 amide bonds. The first-order chi connectivity index (χ1) is 18.7. The molecule has 0 saturated heterocycles. The van der Waals surface area contributed by atoms with E-state index >= 15 is 0 Å². The lowest BCUT2D eigenvalue weighted by Gasteiger charge is -2.19. The monoisotopic (exact) mass is 633 g/mol. The Morgan fingerprint density at radius 3 is 2.26 bits per heavy atom. The Balaban J connectivity index is 1.68. The van der Waals surface area contributed by atoms with Gasteiger partial charge >= 0.3 is 0 Å². The highest BCUT2D eigenvalue weighted by Crippen LogP contribution is 2.37. The minimum atomic E-state index is -0.764. The third-order valence-corrected chi connectivity index (χ3v) is 6.54. The third kappa shape index (κ3) is 9.56. The van der Waals surface area contributed by atoms with Crippen LogP contribution < -0.4 is 20.2 Å². The summed E-state index contributed by atoms with van der Waals surface area (Å²) in [5.74, 6) is 0.460. The Morgan fingerprint density at radius 1 is 1.00 bits per heavy atom. The van der Waals surface area contributed by atoms with Crippen molar-refractivity contribution >= 4 is 57.2 Å². The molecule has 1 unspecified atom stereocenters. The molecule has 0 aliphatic carbocycles. The van der Waals surface area contributed by atoms with Crippen molar-refractivity contribution in [2.24, 2.45) is 11.0 Å². The van der Waals surface area contributed by atoms with Gasteiger partial charge in [-0.3, -0.25) is 9.59 Å². The van der Waals surface area contributed by atoms with Crippen LogP contribution in [0, 0.1) is 5.92 Å². The van der Waals surface area contributed by atoms with Gasteiger partial charge in [0.1, 0.15) is 12.6 Å². The maximum Gasteiger partial charge on any atom is 0.262 e. The quantitative estimate of drug-likeness (QED) is 0.165. The van der Waals surface area contributed by atoms with Gasteiger partial charge in [0, 0.05) is 15.6 Å². The van der Waals surface area contributed by atoms with Crippen LogP contribution in [0.15, 0.2) is 70.2 Å². The molecular weight excluding hydrogens is 605 g/mol. The van der Waals surface area contributed by atoms with Crippen LogP contribution in [0.25, 0.3) is 0 Å². The number of ether oxygens (including phenoxy) is 2. The molecule has 3 aromatic carbocycles. The molecule has 0 bridgehead atoms. The second kappa shape index (κ2) is 14.9. The number of hydrogen-bond acceptors (Lipinski definition) is 5. The maximum absolute atomic E-state index is 12.9. The van der Waals surface area contributed by atoms with Gasteiger partial charge in [-0.05, 0) is 94.9 Å². The van der Waals surface area contributed by atoms with Gasteiger partial charge in [-0.2, -0.15) is 5.10 Å². The van der Waals surface area contributed by atoms with Crippen molar-refractivity contribution in [3.8, 4) is 11.5 Å². The first kappa shape index (κ1) is 30.5. The largest absolute Gasteiger partial charge is 0.490 e. The zero-order valence-corrected chi connectivity index (χ0v) is 24.9. The van der Waals surface area contributed by atoms with Crippen LogP contribution in [0.4, 0.5) is 0 Å². The molecule has 0 fully saturated rings. The van der Waals surface area contributed by atoms with Gasteiger partial charge in [-0.1, -0.05) is 49.2 Å². The van der Waals surface area contributed by atoms with Crippen molar-refractivity contribution in [3.05, 3.63) is 91.9 Å². The SMILES string of the molecule is CCOc1cc(/C=N/NC(=O)C(CC(C)C)NC(=O)c2ccc(Cl)cc2)cc(Br)c1OCc1ccc(Cl)cc1. The van der Waals surface area contributed by atoms with E-state index < -0.39 is 11.9 Å². The predicted molar refractivity (Wildman–Crippen MR) is 159 cm³/mol. The number of hydrogen-bond donors (Lipinski definition) is 2. The van der Waals surface area contributed by atoms with Crippen molar-refractivity contribution in [2.45, 2.75) is 39.8 Å². The van der Waals surface area contributed by atoms with Gasteiger partial charge < -0.3 is 14.8 Å². The van der Waals surface area contributed by atoms with Crippen LogP contribution in [0.5, 0.6) is 11.5 Å². The third-order valence-electron chi connectivity index (χ3n) is 5.45. The molecule has 1 atom stereocenters. The molecule has 7 nitrogen and oxygen atoms in total. The minimum Gasteiger partial charge on any atom is -0.490 e. The van der Waals surface area contributed by atoms with Crippen LogP contribution in [-0.2, 0) is 11.4 Å². The molecule has 39 heavy (non-hydrogen) atoms. The Hall–Kier alpha value is -3.07. The number of halogens is 3. The van der Waals surface area contributed by atoms with E-state index in [0.717, 1.165) is 5.56 Å². The summed E-state index contributed by atoms with van der Waals surface area (Å²) in [7, 11) is 0. The zero-order chi connectivity index (χ0) is 28.4. The van der Waals surface area contributed by atoms with Gasteiger partial charge in [-0.15, -0.1) is 0 Å². The smallest absolute Gasteiger partial charge is 0.262 e. The molecule has 0 aliphatic rings. The zero-order valence-electron chi connectivity index (χ0n) is 21.8. The first-order valence-corrected chi connectivity index (χ1v) is 13.9. The van der Waals surface area contributed by atoms with E-state index in [0.29, 0.717) is 56.8 Å². The number of hydrazone groups is 1. The average molecular weight is 635 g/mol. The number of amides is 2. The topological polar surface area (TPSA) is 89.0 Å². The highest BCUT2D eigenvalue weighted by molar-refractivity contribution is 9.10. The summed E-state index contributed by atoms with van der Waals surface area (Å²) in [6, 6.07) is 16.7. The fourth-order valence-electron chi connectivity index (χ4n) is 3.60. The van der Waals surface area contributed by atoms with E-state index in [9.17, 15) is 9.59 Å². The van der Waals surface area contributed by atoms with Crippen molar-refractivity contribution in [1.29, 1.82) is 0 Å². The number of benzene rings is 3. The Morgan fingerprint density at radius 2 is 1.64 bits per heavy atom. The molecule has 206 valence electrons. The first-order valence-electron chi connectivity index (χ1n) is 12.4. The van der Waals surface area contributed by atoms with Crippen LogP contribution >= 0.6 is 39.1 Å². The number of carbonyl (C=O) groups is 2. The molecule has 3 rings (SSSR count). The van der Waals surface area contributed by atoms with E-state index in [1.54, 1.807) is 42.5 Å². The Bertz CT molecular complexity index is 1300. The molecule has 0 aromatic heterocycles. The van der Waals surface area contributed by atoms with E-state index in [1.165, 1.54) is 6.21 Å². The molecule has 0 aliphatic heterocycles. The normalized spacial score (nSPS) is 11.9. The number of carbonyl (C=O) groups excluding carboxylic acids is 2. The molecule has 0 radical (unpaired) electrons. The summed E-state index contributed by atoms with van der Waals surface area (Å²) in [4.78, 5) is 25.6. The maximum atomic E-state index is 12.9. The fourth-order valence-corrected chi connectivity index (χ4v) is 4.42. The highest BCUT2D eigenvalue weighted by atomic mass is 79.9. The molecule has 10 heteroatoms. The summed E-state index contributed by atoms with van der Waals surface area (Å²) in [5.41, 5.74) is 4.58. The summed E-state index contributed by atoms with van der Waals surface area (Å²) in [6.07, 6.45) is 1.95. The summed E-state index contributed by atoms with van der Waals surface area (Å²) in [6.45, 7) is 6.59. The number of nitrogens with zero attached hydrogens (tertiary/aromatic N) is 1. The lowest BCUT2D eigenvalue weighted by Crippen LogP contribution is -2.46. The molecule has 0 saturated carbocycles. The summed E-state index contributed by atoms with van der Waals surface area (Å²) >= 11 is 15.4. The fraction of sp³-hybridized carbons (Fsp3) is 0.276. The lowest BCUT2D eigenvalue weighted by atomic mass is 10.0. The summed E-state index contributed by atoms with van der Waals surface area (Å²) < 4.78 is 12.5. The van der Waals surface area contributed by atoms with Gasteiger partial charge in [0.2, 0.25) is 0 Å². The second-order valence-electron chi connectivity index (χ2n) is 9.07. The second-order valence-corrected chi connectivity index (χ2v) is 10.8. The predicted octanol–water partition coefficient (Wildman–Crippen LogP) is 7.03. The Labute approximate surface area is 247 Å². The highest BCUT2D eigenvalue weighted by Gasteiger charge is 2.22. The number of rotatable bonds is 12. The van der Waals surface area contributed by atoms with Crippen LogP contribution in [-0.4, -0.2) is 30.7 Å². The van der Waals surface area contributed by atoms with Crippen molar-refractivity contribution in [3.63, 3.8) is 0 Å². The number of nitrogens with one attached hydrogen (secondary N) is 2. The van der Waals surface area contributed by atoms with E-state index in [4.69, 9.17) is 32.7 Å². The molecular formula is C29H30BrCl2N3O4. The average Bonchev–Trinajstić information content (AvgIpc) is 2.89. The summed E-state index contributed by atoms with van der Waals surface area (Å²) in [5, 5.41) is 8.08. The molecule has 0 heterocycles. The van der Waals surface area contributed by atoms with Crippen molar-refractivity contribution in [2.75, 3.05) is 6.61 Å². The Kier molecular flexibility index (Phi) is 11.7. The van der Waals surface area contributed by atoms with E-state index in [2.05, 4.69) is 31.8 Å². The van der Waals surface area contributed by atoms with Gasteiger partial charge in [-0.25, -0.2) is 5.43 Å².